The van der Waals surface area contributed by atoms with Gasteiger partial charge in [0.2, 0.25) is 0 Å². The largest absolute Gasteiger partial charge is 0.462 e. The zero-order valence-corrected chi connectivity index (χ0v) is 9.53. The monoisotopic (exact) mass is 235 g/mol. The van der Waals surface area contributed by atoms with Crippen LogP contribution in [0.15, 0.2) is 34.7 Å². The first-order valence-corrected chi connectivity index (χ1v) is 5.37. The molecule has 0 bridgehead atoms. The smallest absolute Gasteiger partial charge is 0.129 e. The molecule has 4 heteroatoms. The van der Waals surface area contributed by atoms with Crippen LogP contribution in [0.25, 0.3) is 0 Å². The summed E-state index contributed by atoms with van der Waals surface area (Å²) in [6.07, 6.45) is 0. The summed E-state index contributed by atoms with van der Waals surface area (Å²) < 4.78 is 18.4. The van der Waals surface area contributed by atoms with Crippen LogP contribution < -0.4 is 5.32 Å². The molecule has 1 heterocycles. The topological polar surface area (TPSA) is 45.4 Å². The van der Waals surface area contributed by atoms with Crippen molar-refractivity contribution in [2.75, 3.05) is 5.32 Å². The fourth-order valence-electron chi connectivity index (χ4n) is 1.55. The van der Waals surface area contributed by atoms with Gasteiger partial charge >= 0.3 is 0 Å². The first kappa shape index (κ1) is 11.7. The molecule has 0 saturated heterocycles. The number of aryl methyl sites for hydroxylation is 1. The molecule has 0 atom stereocenters. The van der Waals surface area contributed by atoms with Crippen molar-refractivity contribution < 1.29 is 13.9 Å². The minimum atomic E-state index is -0.212. The lowest BCUT2D eigenvalue weighted by atomic mass is 10.2. The number of aliphatic hydroxyl groups is 1. The number of halogens is 1. The number of hydrogen-bond acceptors (Lipinski definition) is 3. The van der Waals surface area contributed by atoms with E-state index in [1.54, 1.807) is 31.2 Å². The van der Waals surface area contributed by atoms with Crippen LogP contribution in [0.1, 0.15) is 17.1 Å². The maximum absolute atomic E-state index is 13.0. The van der Waals surface area contributed by atoms with Crippen molar-refractivity contribution in [1.82, 2.24) is 0 Å². The third-order valence-electron chi connectivity index (χ3n) is 2.50. The summed E-state index contributed by atoms with van der Waals surface area (Å²) in [5.41, 5.74) is 1.44. The Morgan fingerprint density at radius 2 is 2.00 bits per heavy atom. The highest BCUT2D eigenvalue weighted by molar-refractivity contribution is 5.46. The van der Waals surface area contributed by atoms with Crippen LogP contribution in [0, 0.1) is 12.7 Å². The molecule has 3 nitrogen and oxygen atoms in total. The van der Waals surface area contributed by atoms with Gasteiger partial charge in [0.05, 0.1) is 6.54 Å². The van der Waals surface area contributed by atoms with E-state index in [-0.39, 0.29) is 12.4 Å². The van der Waals surface area contributed by atoms with Gasteiger partial charge in [-0.1, -0.05) is 0 Å². The van der Waals surface area contributed by atoms with Crippen LogP contribution in [0.5, 0.6) is 0 Å². The van der Waals surface area contributed by atoms with Crippen molar-refractivity contribution in [1.29, 1.82) is 0 Å². The van der Waals surface area contributed by atoms with Gasteiger partial charge in [-0.3, -0.25) is 0 Å². The van der Waals surface area contributed by atoms with Gasteiger partial charge in [-0.25, -0.2) is 4.39 Å². The number of hydrogen-bond donors (Lipinski definition) is 2. The molecule has 0 fully saturated rings. The predicted octanol–water partition coefficient (Wildman–Crippen LogP) is 2.83. The zero-order chi connectivity index (χ0) is 12.3. The fourth-order valence-corrected chi connectivity index (χ4v) is 1.55. The van der Waals surface area contributed by atoms with E-state index >= 15 is 0 Å². The zero-order valence-electron chi connectivity index (χ0n) is 9.53. The average Bonchev–Trinajstić information content (AvgIpc) is 2.79. The molecule has 2 rings (SSSR count). The van der Waals surface area contributed by atoms with Crippen molar-refractivity contribution in [3.8, 4) is 0 Å². The molecule has 1 aromatic carbocycles. The van der Waals surface area contributed by atoms with Gasteiger partial charge < -0.3 is 14.8 Å². The summed E-state index contributed by atoms with van der Waals surface area (Å²) in [4.78, 5) is 0. The van der Waals surface area contributed by atoms with Crippen LogP contribution in [-0.2, 0) is 13.2 Å². The molecule has 90 valence electrons. The maximum atomic E-state index is 13.0. The van der Waals surface area contributed by atoms with E-state index in [0.717, 1.165) is 11.4 Å². The van der Waals surface area contributed by atoms with E-state index in [1.165, 1.54) is 6.07 Å². The van der Waals surface area contributed by atoms with Gasteiger partial charge in [-0.15, -0.1) is 0 Å². The summed E-state index contributed by atoms with van der Waals surface area (Å²) in [5, 5.41) is 12.0. The highest BCUT2D eigenvalue weighted by Gasteiger charge is 2.02. The second-order valence-electron chi connectivity index (χ2n) is 3.84. The number of aliphatic hydroxyl groups excluding tert-OH is 1. The Balaban J connectivity index is 1.99. The molecule has 0 aliphatic heterocycles. The Bertz CT molecular complexity index is 508. The second-order valence-corrected chi connectivity index (χ2v) is 3.84. The van der Waals surface area contributed by atoms with Gasteiger partial charge in [0.1, 0.15) is 23.9 Å². The lowest BCUT2D eigenvalue weighted by Crippen LogP contribution is -1.98. The van der Waals surface area contributed by atoms with Crippen molar-refractivity contribution in [3.63, 3.8) is 0 Å². The molecule has 0 unspecified atom stereocenters. The molecule has 2 aromatic rings. The van der Waals surface area contributed by atoms with E-state index in [0.29, 0.717) is 17.9 Å². The lowest BCUT2D eigenvalue weighted by Gasteiger charge is -2.05. The van der Waals surface area contributed by atoms with Crippen molar-refractivity contribution in [2.45, 2.75) is 20.1 Å². The van der Waals surface area contributed by atoms with E-state index in [4.69, 9.17) is 9.52 Å². The van der Waals surface area contributed by atoms with Crippen molar-refractivity contribution in [2.24, 2.45) is 0 Å². The Morgan fingerprint density at radius 3 is 2.65 bits per heavy atom. The molecule has 2 N–H and O–H groups in total. The number of rotatable bonds is 4. The van der Waals surface area contributed by atoms with E-state index < -0.39 is 0 Å². The average molecular weight is 235 g/mol. The Hall–Kier alpha value is -1.81. The Kier molecular flexibility index (Phi) is 3.44. The maximum Gasteiger partial charge on any atom is 0.129 e. The summed E-state index contributed by atoms with van der Waals surface area (Å²) in [6, 6.07) is 8.38. The molecular weight excluding hydrogens is 221 g/mol. The Labute approximate surface area is 98.9 Å². The predicted molar refractivity (Wildman–Crippen MR) is 63.1 cm³/mol. The number of anilines is 1. The van der Waals surface area contributed by atoms with Gasteiger partial charge in [0.15, 0.2) is 0 Å². The molecule has 0 spiro atoms. The molecule has 0 aliphatic carbocycles. The van der Waals surface area contributed by atoms with Crippen LogP contribution in [0.3, 0.4) is 0 Å². The normalized spacial score (nSPS) is 10.5. The molecular formula is C13H14FNO2. The number of nitrogens with one attached hydrogen (secondary N) is 1. The highest BCUT2D eigenvalue weighted by Crippen LogP contribution is 2.15. The fraction of sp³-hybridized carbons (Fsp3) is 0.231. The SMILES string of the molecule is Cc1cc(NCc2ccc(CO)o2)ccc1F. The molecule has 0 saturated carbocycles. The summed E-state index contributed by atoms with van der Waals surface area (Å²) in [6.45, 7) is 2.12. The third-order valence-corrected chi connectivity index (χ3v) is 2.50. The number of benzene rings is 1. The highest BCUT2D eigenvalue weighted by atomic mass is 19.1. The lowest BCUT2D eigenvalue weighted by molar-refractivity contribution is 0.244. The minimum Gasteiger partial charge on any atom is -0.462 e. The first-order valence-electron chi connectivity index (χ1n) is 5.37. The van der Waals surface area contributed by atoms with Gasteiger partial charge in [-0.05, 0) is 42.8 Å². The first-order chi connectivity index (χ1) is 8.19. The standard InChI is InChI=1S/C13H14FNO2/c1-9-6-10(2-5-13(9)14)15-7-11-3-4-12(8-16)17-11/h2-6,15-16H,7-8H2,1H3. The summed E-state index contributed by atoms with van der Waals surface area (Å²) >= 11 is 0. The van der Waals surface area contributed by atoms with Crippen LogP contribution in [0.2, 0.25) is 0 Å². The van der Waals surface area contributed by atoms with Gasteiger partial charge in [0.25, 0.3) is 0 Å². The summed E-state index contributed by atoms with van der Waals surface area (Å²) in [5.74, 6) is 1.06. The van der Waals surface area contributed by atoms with Crippen LogP contribution in [0.4, 0.5) is 10.1 Å². The van der Waals surface area contributed by atoms with E-state index in [1.807, 2.05) is 0 Å². The van der Waals surface area contributed by atoms with Crippen LogP contribution >= 0.6 is 0 Å². The van der Waals surface area contributed by atoms with E-state index in [2.05, 4.69) is 5.32 Å². The Morgan fingerprint density at radius 1 is 1.24 bits per heavy atom. The minimum absolute atomic E-state index is 0.102. The van der Waals surface area contributed by atoms with E-state index in [9.17, 15) is 4.39 Å². The molecule has 17 heavy (non-hydrogen) atoms. The molecule has 0 aliphatic rings. The van der Waals surface area contributed by atoms with Crippen molar-refractivity contribution in [3.05, 3.63) is 53.2 Å². The molecule has 0 amide bonds. The summed E-state index contributed by atoms with van der Waals surface area (Å²) in [7, 11) is 0. The number of furan rings is 1. The second kappa shape index (κ2) is 5.01. The van der Waals surface area contributed by atoms with Gasteiger partial charge in [0, 0.05) is 5.69 Å². The van der Waals surface area contributed by atoms with Crippen molar-refractivity contribution >= 4 is 5.69 Å². The van der Waals surface area contributed by atoms with Crippen LogP contribution in [-0.4, -0.2) is 5.11 Å². The third kappa shape index (κ3) is 2.85. The molecule has 1 aromatic heterocycles. The quantitative estimate of drug-likeness (QED) is 0.856. The molecule has 0 radical (unpaired) electrons. The van der Waals surface area contributed by atoms with Gasteiger partial charge in [-0.2, -0.15) is 0 Å².